The van der Waals surface area contributed by atoms with Crippen LogP contribution in [0.3, 0.4) is 0 Å². The molecule has 6 nitrogen and oxygen atoms in total. The Morgan fingerprint density at radius 2 is 1.82 bits per heavy atom. The second kappa shape index (κ2) is 11.6. The van der Waals surface area contributed by atoms with Gasteiger partial charge in [-0.15, -0.1) is 0 Å². The average molecular weight is 388 g/mol. The Hall–Kier alpha value is -2.15. The van der Waals surface area contributed by atoms with E-state index in [1.807, 2.05) is 30.5 Å². The molecule has 0 radical (unpaired) electrons. The number of likely N-dealkylation sites (N-methyl/N-ethyl adjacent to an activating group) is 1. The second-order valence-electron chi connectivity index (χ2n) is 6.97. The maximum absolute atomic E-state index is 10.2. The lowest BCUT2D eigenvalue weighted by molar-refractivity contribution is 0.0705. The summed E-state index contributed by atoms with van der Waals surface area (Å²) in [6.45, 7) is 8.46. The van der Waals surface area contributed by atoms with E-state index in [1.165, 1.54) is 5.56 Å². The molecular formula is C22H33N3O3. The van der Waals surface area contributed by atoms with E-state index in [4.69, 9.17) is 9.47 Å². The lowest BCUT2D eigenvalue weighted by atomic mass is 10.1. The lowest BCUT2D eigenvalue weighted by Crippen LogP contribution is -2.35. The normalized spacial score (nSPS) is 12.4. The van der Waals surface area contributed by atoms with Crippen molar-refractivity contribution in [2.75, 3.05) is 40.4 Å². The van der Waals surface area contributed by atoms with Gasteiger partial charge in [0.15, 0.2) is 11.5 Å². The van der Waals surface area contributed by atoms with E-state index in [1.54, 1.807) is 13.3 Å². The SMILES string of the molecule is CCN(CC)CC(O)COc1ccc(CN(C)Cc2cccnc2)cc1OC. The summed E-state index contributed by atoms with van der Waals surface area (Å²) in [5.41, 5.74) is 2.32. The van der Waals surface area contributed by atoms with Crippen molar-refractivity contribution in [1.29, 1.82) is 0 Å². The fourth-order valence-corrected chi connectivity index (χ4v) is 3.12. The Morgan fingerprint density at radius 1 is 1.07 bits per heavy atom. The highest BCUT2D eigenvalue weighted by atomic mass is 16.5. The van der Waals surface area contributed by atoms with Gasteiger partial charge in [-0.3, -0.25) is 9.88 Å². The summed E-state index contributed by atoms with van der Waals surface area (Å²) in [4.78, 5) is 8.56. The average Bonchev–Trinajstić information content (AvgIpc) is 2.71. The van der Waals surface area contributed by atoms with Crippen molar-refractivity contribution < 1.29 is 14.6 Å². The highest BCUT2D eigenvalue weighted by Crippen LogP contribution is 2.28. The van der Waals surface area contributed by atoms with E-state index in [0.29, 0.717) is 18.0 Å². The zero-order chi connectivity index (χ0) is 20.4. The number of benzene rings is 1. The molecule has 0 fully saturated rings. The van der Waals surface area contributed by atoms with Crippen molar-refractivity contribution >= 4 is 0 Å². The molecule has 0 amide bonds. The summed E-state index contributed by atoms with van der Waals surface area (Å²) in [6.07, 6.45) is 3.14. The van der Waals surface area contributed by atoms with Gasteiger partial charge >= 0.3 is 0 Å². The quantitative estimate of drug-likeness (QED) is 0.604. The summed E-state index contributed by atoms with van der Waals surface area (Å²) < 4.78 is 11.3. The zero-order valence-corrected chi connectivity index (χ0v) is 17.5. The summed E-state index contributed by atoms with van der Waals surface area (Å²) in [5, 5.41) is 10.2. The molecule has 0 aliphatic heterocycles. The largest absolute Gasteiger partial charge is 0.493 e. The molecule has 0 bridgehead atoms. The van der Waals surface area contributed by atoms with Crippen molar-refractivity contribution in [3.63, 3.8) is 0 Å². The van der Waals surface area contributed by atoms with Crippen LogP contribution < -0.4 is 9.47 Å². The lowest BCUT2D eigenvalue weighted by Gasteiger charge is -2.22. The number of hydrogen-bond acceptors (Lipinski definition) is 6. The van der Waals surface area contributed by atoms with Crippen molar-refractivity contribution in [3.05, 3.63) is 53.9 Å². The molecule has 1 aromatic heterocycles. The smallest absolute Gasteiger partial charge is 0.161 e. The molecule has 1 aromatic carbocycles. The molecule has 2 rings (SSSR count). The molecule has 1 atom stereocenters. The molecule has 0 saturated heterocycles. The fraction of sp³-hybridized carbons (Fsp3) is 0.500. The standard InChI is InChI=1S/C22H33N3O3/c1-5-25(6-2)16-20(26)17-28-21-10-9-18(12-22(21)27-4)14-24(3)15-19-8-7-11-23-13-19/h7-13,20,26H,5-6,14-17H2,1-4H3. The van der Waals surface area contributed by atoms with Crippen molar-refractivity contribution in [2.24, 2.45) is 0 Å². The van der Waals surface area contributed by atoms with Gasteiger partial charge in [-0.1, -0.05) is 26.0 Å². The van der Waals surface area contributed by atoms with Crippen LogP contribution in [0.2, 0.25) is 0 Å². The van der Waals surface area contributed by atoms with Gasteiger partial charge in [0, 0.05) is 32.0 Å². The van der Waals surface area contributed by atoms with Gasteiger partial charge in [0.2, 0.25) is 0 Å². The van der Waals surface area contributed by atoms with Gasteiger partial charge < -0.3 is 19.5 Å². The number of methoxy groups -OCH3 is 1. The first kappa shape index (κ1) is 22.1. The molecule has 0 spiro atoms. The predicted molar refractivity (Wildman–Crippen MR) is 112 cm³/mol. The molecule has 1 heterocycles. The first-order chi connectivity index (χ1) is 13.5. The minimum absolute atomic E-state index is 0.243. The Labute approximate surface area is 168 Å². The fourth-order valence-electron chi connectivity index (χ4n) is 3.12. The maximum atomic E-state index is 10.2. The molecule has 6 heteroatoms. The third-order valence-corrected chi connectivity index (χ3v) is 4.65. The first-order valence-corrected chi connectivity index (χ1v) is 9.83. The number of hydrogen-bond donors (Lipinski definition) is 1. The topological polar surface area (TPSA) is 58.1 Å². The van der Waals surface area contributed by atoms with Gasteiger partial charge in [0.1, 0.15) is 12.7 Å². The van der Waals surface area contributed by atoms with E-state index in [2.05, 4.69) is 41.7 Å². The van der Waals surface area contributed by atoms with E-state index >= 15 is 0 Å². The zero-order valence-electron chi connectivity index (χ0n) is 17.5. The minimum atomic E-state index is -0.533. The number of nitrogens with zero attached hydrogens (tertiary/aromatic N) is 3. The third kappa shape index (κ3) is 7.11. The number of aliphatic hydroxyl groups is 1. The molecule has 0 aliphatic carbocycles. The summed E-state index contributed by atoms with van der Waals surface area (Å²) in [6, 6.07) is 9.97. The Kier molecular flexibility index (Phi) is 9.20. The van der Waals surface area contributed by atoms with Crippen LogP contribution in [0, 0.1) is 0 Å². The van der Waals surface area contributed by atoms with Gasteiger partial charge in [-0.25, -0.2) is 0 Å². The Balaban J connectivity index is 1.92. The van der Waals surface area contributed by atoms with E-state index in [-0.39, 0.29) is 6.61 Å². The third-order valence-electron chi connectivity index (χ3n) is 4.65. The molecule has 0 saturated carbocycles. The molecule has 154 valence electrons. The van der Waals surface area contributed by atoms with Gasteiger partial charge in [0.05, 0.1) is 7.11 Å². The van der Waals surface area contributed by atoms with E-state index in [0.717, 1.165) is 31.7 Å². The minimum Gasteiger partial charge on any atom is -0.493 e. The highest BCUT2D eigenvalue weighted by Gasteiger charge is 2.13. The number of aromatic nitrogens is 1. The van der Waals surface area contributed by atoms with Crippen LogP contribution >= 0.6 is 0 Å². The first-order valence-electron chi connectivity index (χ1n) is 9.83. The number of ether oxygens (including phenoxy) is 2. The second-order valence-corrected chi connectivity index (χ2v) is 6.97. The number of aliphatic hydroxyl groups excluding tert-OH is 1. The number of pyridine rings is 1. The van der Waals surface area contributed by atoms with Crippen LogP contribution in [0.5, 0.6) is 11.5 Å². The van der Waals surface area contributed by atoms with Gasteiger partial charge in [-0.2, -0.15) is 0 Å². The van der Waals surface area contributed by atoms with Gasteiger partial charge in [-0.05, 0) is 49.5 Å². The highest BCUT2D eigenvalue weighted by molar-refractivity contribution is 5.43. The number of rotatable bonds is 12. The molecule has 1 N–H and O–H groups in total. The summed E-state index contributed by atoms with van der Waals surface area (Å²) >= 11 is 0. The predicted octanol–water partition coefficient (Wildman–Crippen LogP) is 2.80. The van der Waals surface area contributed by atoms with Crippen LogP contribution in [-0.2, 0) is 13.1 Å². The van der Waals surface area contributed by atoms with Crippen LogP contribution in [0.4, 0.5) is 0 Å². The maximum Gasteiger partial charge on any atom is 0.161 e. The van der Waals surface area contributed by atoms with Crippen LogP contribution in [0.15, 0.2) is 42.7 Å². The monoisotopic (exact) mass is 387 g/mol. The van der Waals surface area contributed by atoms with E-state index < -0.39 is 6.10 Å². The molecule has 0 aliphatic rings. The molecular weight excluding hydrogens is 354 g/mol. The summed E-state index contributed by atoms with van der Waals surface area (Å²) in [7, 11) is 3.71. The van der Waals surface area contributed by atoms with Gasteiger partial charge in [0.25, 0.3) is 0 Å². The molecule has 1 unspecified atom stereocenters. The van der Waals surface area contributed by atoms with Crippen LogP contribution in [0.25, 0.3) is 0 Å². The summed E-state index contributed by atoms with van der Waals surface area (Å²) in [5.74, 6) is 1.34. The Morgan fingerprint density at radius 3 is 2.46 bits per heavy atom. The van der Waals surface area contributed by atoms with E-state index in [9.17, 15) is 5.11 Å². The van der Waals surface area contributed by atoms with Crippen molar-refractivity contribution in [1.82, 2.24) is 14.8 Å². The molecule has 28 heavy (non-hydrogen) atoms. The Bertz CT molecular complexity index is 693. The molecule has 2 aromatic rings. The van der Waals surface area contributed by atoms with Crippen molar-refractivity contribution in [2.45, 2.75) is 33.0 Å². The van der Waals surface area contributed by atoms with Crippen LogP contribution in [0.1, 0.15) is 25.0 Å². The van der Waals surface area contributed by atoms with Crippen molar-refractivity contribution in [3.8, 4) is 11.5 Å². The van der Waals surface area contributed by atoms with Crippen LogP contribution in [-0.4, -0.2) is 66.4 Å².